The van der Waals surface area contributed by atoms with Gasteiger partial charge in [0.15, 0.2) is 0 Å². The zero-order chi connectivity index (χ0) is 17.2. The van der Waals surface area contributed by atoms with E-state index < -0.39 is 0 Å². The highest BCUT2D eigenvalue weighted by atomic mass is 15.1. The van der Waals surface area contributed by atoms with Gasteiger partial charge in [-0.1, -0.05) is 66.7 Å². The van der Waals surface area contributed by atoms with Crippen LogP contribution in [0.4, 0.5) is 0 Å². The molecule has 2 heteroatoms. The molecule has 1 aliphatic rings. The van der Waals surface area contributed by atoms with Gasteiger partial charge in [-0.2, -0.15) is 0 Å². The Morgan fingerprint density at radius 2 is 1.20 bits per heavy atom. The molecule has 0 radical (unpaired) electrons. The number of benzene rings is 3. The minimum atomic E-state index is 1.08. The van der Waals surface area contributed by atoms with Crippen molar-refractivity contribution in [3.63, 3.8) is 0 Å². The van der Waals surface area contributed by atoms with E-state index in [1.54, 1.807) is 0 Å². The highest BCUT2D eigenvalue weighted by Gasteiger charge is 2.12. The molecule has 0 atom stereocenters. The highest BCUT2D eigenvalue weighted by molar-refractivity contribution is 6.06. The number of aryl methyl sites for hydroxylation is 1. The molecule has 0 spiro atoms. The van der Waals surface area contributed by atoms with Crippen LogP contribution in [-0.2, 0) is 13.1 Å². The fourth-order valence-corrected chi connectivity index (χ4v) is 3.58. The maximum Gasteiger partial charge on any atom is 0.0711 e. The summed E-state index contributed by atoms with van der Waals surface area (Å²) in [4.78, 5) is 6.93. The van der Waals surface area contributed by atoms with E-state index in [2.05, 4.69) is 90.6 Å². The first kappa shape index (κ1) is 15.8. The van der Waals surface area contributed by atoms with Crippen molar-refractivity contribution in [2.45, 2.75) is 20.0 Å². The fraction of sp³-hybridized carbons (Fsp3) is 0.174. The van der Waals surface area contributed by atoms with Crippen molar-refractivity contribution in [1.82, 2.24) is 9.88 Å². The Balaban J connectivity index is 0.000000136. The van der Waals surface area contributed by atoms with Crippen molar-refractivity contribution in [1.29, 1.82) is 0 Å². The smallest absolute Gasteiger partial charge is 0.0711 e. The largest absolute Gasteiger partial charge is 0.298 e. The first-order valence-corrected chi connectivity index (χ1v) is 8.72. The Kier molecular flexibility index (Phi) is 4.21. The molecule has 0 N–H and O–H groups in total. The Hall–Kier alpha value is -2.71. The number of para-hydroxylation sites is 1. The molecule has 1 aromatic heterocycles. The summed E-state index contributed by atoms with van der Waals surface area (Å²) < 4.78 is 0. The van der Waals surface area contributed by atoms with E-state index >= 15 is 0 Å². The van der Waals surface area contributed by atoms with Crippen LogP contribution >= 0.6 is 0 Å². The summed E-state index contributed by atoms with van der Waals surface area (Å²) in [6.45, 7) is 4.31. The van der Waals surface area contributed by atoms with E-state index in [9.17, 15) is 0 Å². The van der Waals surface area contributed by atoms with Crippen molar-refractivity contribution in [3.8, 4) is 0 Å². The lowest BCUT2D eigenvalue weighted by molar-refractivity contribution is 0.353. The van der Waals surface area contributed by atoms with Gasteiger partial charge in [-0.25, -0.2) is 0 Å². The number of nitrogens with zero attached hydrogens (tertiary/aromatic N) is 2. The normalized spacial score (nSPS) is 13.5. The molecule has 5 rings (SSSR count). The molecule has 0 saturated carbocycles. The lowest BCUT2D eigenvalue weighted by atomic mass is 10.0. The Morgan fingerprint density at radius 3 is 1.88 bits per heavy atom. The Labute approximate surface area is 148 Å². The number of rotatable bonds is 0. The summed E-state index contributed by atoms with van der Waals surface area (Å²) in [6, 6.07) is 25.3. The Morgan fingerprint density at radius 1 is 0.680 bits per heavy atom. The molecule has 2 heterocycles. The lowest BCUT2D eigenvalue weighted by Gasteiger charge is -2.05. The van der Waals surface area contributed by atoms with E-state index in [0.29, 0.717) is 0 Å². The molecular weight excluding hydrogens is 304 g/mol. The first-order chi connectivity index (χ1) is 12.2. The van der Waals surface area contributed by atoms with Crippen LogP contribution < -0.4 is 0 Å². The van der Waals surface area contributed by atoms with E-state index in [1.165, 1.54) is 27.3 Å². The van der Waals surface area contributed by atoms with Crippen LogP contribution in [0.25, 0.3) is 21.7 Å². The van der Waals surface area contributed by atoms with Crippen molar-refractivity contribution < 1.29 is 0 Å². The van der Waals surface area contributed by atoms with E-state index in [-0.39, 0.29) is 0 Å². The van der Waals surface area contributed by atoms with Gasteiger partial charge in [-0.05, 0) is 36.6 Å². The van der Waals surface area contributed by atoms with Gasteiger partial charge in [0.25, 0.3) is 0 Å². The molecule has 25 heavy (non-hydrogen) atoms. The molecule has 0 fully saturated rings. The van der Waals surface area contributed by atoms with Crippen LogP contribution in [0.2, 0.25) is 0 Å². The summed E-state index contributed by atoms with van der Waals surface area (Å²) >= 11 is 0. The van der Waals surface area contributed by atoms with Gasteiger partial charge in [0, 0.05) is 29.6 Å². The molecule has 124 valence electrons. The molecule has 0 saturated heterocycles. The molecule has 4 aromatic rings. The summed E-state index contributed by atoms with van der Waals surface area (Å²) in [6.07, 6.45) is 0. The van der Waals surface area contributed by atoms with Gasteiger partial charge in [0.1, 0.15) is 0 Å². The van der Waals surface area contributed by atoms with E-state index in [1.807, 2.05) is 6.07 Å². The molecule has 0 aliphatic carbocycles. The van der Waals surface area contributed by atoms with Gasteiger partial charge in [0.05, 0.1) is 5.52 Å². The molecule has 0 bridgehead atoms. The third-order valence-corrected chi connectivity index (χ3v) is 4.80. The van der Waals surface area contributed by atoms with Gasteiger partial charge in [-0.15, -0.1) is 0 Å². The number of pyridine rings is 1. The minimum absolute atomic E-state index is 1.08. The van der Waals surface area contributed by atoms with E-state index in [0.717, 1.165) is 24.3 Å². The zero-order valence-electron chi connectivity index (χ0n) is 14.7. The average molecular weight is 326 g/mol. The topological polar surface area (TPSA) is 16.1 Å². The van der Waals surface area contributed by atoms with Crippen molar-refractivity contribution >= 4 is 21.7 Å². The SMILES string of the molecule is CN1Cc2ccccc2C1.Cc1nc2ccccc2c2ccccc12. The van der Waals surface area contributed by atoms with Crippen molar-refractivity contribution in [2.75, 3.05) is 7.05 Å². The van der Waals surface area contributed by atoms with Crippen LogP contribution in [0.1, 0.15) is 16.8 Å². The molecule has 1 aliphatic heterocycles. The second-order valence-corrected chi connectivity index (χ2v) is 6.70. The molecule has 0 amide bonds. The maximum atomic E-state index is 4.60. The van der Waals surface area contributed by atoms with Gasteiger partial charge >= 0.3 is 0 Å². The third kappa shape index (κ3) is 3.13. The fourth-order valence-electron chi connectivity index (χ4n) is 3.58. The van der Waals surface area contributed by atoms with Gasteiger partial charge < -0.3 is 0 Å². The maximum absolute atomic E-state index is 4.60. The van der Waals surface area contributed by atoms with Crippen molar-refractivity contribution in [3.05, 3.63) is 89.6 Å². The monoisotopic (exact) mass is 326 g/mol. The standard InChI is InChI=1S/C14H11N.C9H11N/c1-10-11-6-2-3-7-12(11)13-8-4-5-9-14(13)15-10;1-10-6-8-4-2-3-5-9(8)7-10/h2-9H,1H3;2-5H,6-7H2,1H3. The number of hydrogen-bond acceptors (Lipinski definition) is 2. The third-order valence-electron chi connectivity index (χ3n) is 4.80. The van der Waals surface area contributed by atoms with Crippen LogP contribution in [0.15, 0.2) is 72.8 Å². The predicted octanol–water partition coefficient (Wildman–Crippen LogP) is 5.33. The highest BCUT2D eigenvalue weighted by Crippen LogP contribution is 2.25. The van der Waals surface area contributed by atoms with Crippen molar-refractivity contribution in [2.24, 2.45) is 0 Å². The quantitative estimate of drug-likeness (QED) is 0.406. The van der Waals surface area contributed by atoms with Crippen LogP contribution in [0, 0.1) is 6.92 Å². The molecule has 3 aromatic carbocycles. The average Bonchev–Trinajstić information content (AvgIpc) is 3.03. The van der Waals surface area contributed by atoms with Gasteiger partial charge in [0.2, 0.25) is 0 Å². The van der Waals surface area contributed by atoms with Crippen LogP contribution in [0.5, 0.6) is 0 Å². The molecular formula is C23H22N2. The second kappa shape index (κ2) is 6.66. The molecule has 0 unspecified atom stereocenters. The lowest BCUT2D eigenvalue weighted by Crippen LogP contribution is -2.07. The number of hydrogen-bond donors (Lipinski definition) is 0. The van der Waals surface area contributed by atoms with E-state index in [4.69, 9.17) is 0 Å². The summed E-state index contributed by atoms with van der Waals surface area (Å²) in [5.74, 6) is 0. The van der Waals surface area contributed by atoms with Gasteiger partial charge in [-0.3, -0.25) is 9.88 Å². The second-order valence-electron chi connectivity index (χ2n) is 6.70. The first-order valence-electron chi connectivity index (χ1n) is 8.72. The van der Waals surface area contributed by atoms with Crippen LogP contribution in [0.3, 0.4) is 0 Å². The van der Waals surface area contributed by atoms with Crippen LogP contribution in [-0.4, -0.2) is 16.9 Å². The summed E-state index contributed by atoms with van der Waals surface area (Å²) in [5, 5.41) is 3.77. The Bertz CT molecular complexity index is 1010. The number of fused-ring (bicyclic) bond motifs is 4. The zero-order valence-corrected chi connectivity index (χ0v) is 14.7. The predicted molar refractivity (Wildman–Crippen MR) is 106 cm³/mol. The minimum Gasteiger partial charge on any atom is -0.298 e. The number of aromatic nitrogens is 1. The molecule has 2 nitrogen and oxygen atoms in total. The summed E-state index contributed by atoms with van der Waals surface area (Å²) in [5.41, 5.74) is 5.16. The summed E-state index contributed by atoms with van der Waals surface area (Å²) in [7, 11) is 2.15.